The molecule has 0 amide bonds. The number of anilines is 1. The van der Waals surface area contributed by atoms with Gasteiger partial charge in [-0.15, -0.1) is 10.2 Å². The third kappa shape index (κ3) is 4.14. The highest BCUT2D eigenvalue weighted by atomic mass is 32.1. The van der Waals surface area contributed by atoms with Gasteiger partial charge in [0, 0.05) is 23.7 Å². The molecule has 0 aliphatic heterocycles. The highest BCUT2D eigenvalue weighted by Crippen LogP contribution is 2.39. The maximum Gasteiger partial charge on any atom is 0.230 e. The fraction of sp³-hybridized carbons (Fsp3) is 0.571. The van der Waals surface area contributed by atoms with Gasteiger partial charge in [-0.25, -0.2) is 4.98 Å². The van der Waals surface area contributed by atoms with Crippen LogP contribution in [0.1, 0.15) is 59.5 Å². The number of benzene rings is 1. The first-order valence-electron chi connectivity index (χ1n) is 9.52. The molecular weight excluding hydrogens is 340 g/mol. The van der Waals surface area contributed by atoms with E-state index in [0.717, 1.165) is 29.6 Å². The summed E-state index contributed by atoms with van der Waals surface area (Å²) in [5, 5.41) is 9.75. The van der Waals surface area contributed by atoms with Gasteiger partial charge in [0.15, 0.2) is 0 Å². The van der Waals surface area contributed by atoms with Crippen LogP contribution in [0.5, 0.6) is 0 Å². The Kier molecular flexibility index (Phi) is 6.93. The lowest BCUT2D eigenvalue weighted by Gasteiger charge is -2.29. The number of aromatic nitrogens is 1. The zero-order valence-electron chi connectivity index (χ0n) is 17.5. The van der Waals surface area contributed by atoms with Gasteiger partial charge in [0.1, 0.15) is 0 Å². The molecule has 0 bridgehead atoms. The van der Waals surface area contributed by atoms with Gasteiger partial charge in [0.05, 0.1) is 11.4 Å². The third-order valence-corrected chi connectivity index (χ3v) is 6.24. The zero-order chi connectivity index (χ0) is 19.4. The summed E-state index contributed by atoms with van der Waals surface area (Å²) in [6, 6.07) is 0. The highest BCUT2D eigenvalue weighted by molar-refractivity contribution is 7.15. The molecule has 4 nitrogen and oxygen atoms in total. The van der Waals surface area contributed by atoms with Crippen LogP contribution >= 0.6 is 11.3 Å². The number of nitrogens with zero attached hydrogens (tertiary/aromatic N) is 4. The largest absolute Gasteiger partial charge is 0.371 e. The summed E-state index contributed by atoms with van der Waals surface area (Å²) in [6.45, 7) is 19.4. The van der Waals surface area contributed by atoms with Crippen LogP contribution in [0.4, 0.5) is 16.5 Å². The summed E-state index contributed by atoms with van der Waals surface area (Å²) in [5.41, 5.74) is 8.45. The van der Waals surface area contributed by atoms with Gasteiger partial charge >= 0.3 is 0 Å². The standard InChI is InChI=1S/C21H32N4S/c1-9-11-12-25(10-2)20-15(5)13(3)19(14(4)16(20)6)23-24-21-22-17(7)18(8)26-21/h9-12H2,1-8H3. The number of unbranched alkanes of at least 4 members (excludes halogenated alkanes) is 1. The Hall–Kier alpha value is -1.75. The molecule has 2 rings (SSSR count). The Balaban J connectivity index is 2.46. The molecule has 0 aliphatic rings. The Morgan fingerprint density at radius 1 is 0.885 bits per heavy atom. The van der Waals surface area contributed by atoms with E-state index in [1.54, 1.807) is 11.3 Å². The number of azo groups is 1. The topological polar surface area (TPSA) is 40.9 Å². The van der Waals surface area contributed by atoms with E-state index < -0.39 is 0 Å². The second-order valence-electron chi connectivity index (χ2n) is 6.97. The molecule has 142 valence electrons. The Bertz CT molecular complexity index is 756. The van der Waals surface area contributed by atoms with Crippen molar-refractivity contribution in [2.45, 2.75) is 68.2 Å². The molecule has 0 saturated heterocycles. The zero-order valence-corrected chi connectivity index (χ0v) is 18.3. The van der Waals surface area contributed by atoms with Gasteiger partial charge < -0.3 is 4.90 Å². The predicted octanol–water partition coefficient (Wildman–Crippen LogP) is 7.04. The van der Waals surface area contributed by atoms with Crippen LogP contribution in [0.3, 0.4) is 0 Å². The van der Waals surface area contributed by atoms with Crippen molar-refractivity contribution in [3.63, 3.8) is 0 Å². The number of thiazole rings is 1. The summed E-state index contributed by atoms with van der Waals surface area (Å²) in [4.78, 5) is 8.17. The second kappa shape index (κ2) is 8.76. The molecule has 1 aromatic heterocycles. The molecule has 1 aromatic carbocycles. The lowest BCUT2D eigenvalue weighted by Crippen LogP contribution is -2.26. The van der Waals surface area contributed by atoms with E-state index in [0.29, 0.717) is 0 Å². The molecule has 0 unspecified atom stereocenters. The Labute approximate surface area is 162 Å². The molecule has 0 radical (unpaired) electrons. The minimum atomic E-state index is 0.733. The molecule has 0 atom stereocenters. The summed E-state index contributed by atoms with van der Waals surface area (Å²) < 4.78 is 0. The molecule has 1 heterocycles. The van der Waals surface area contributed by atoms with E-state index in [2.05, 4.69) is 68.6 Å². The monoisotopic (exact) mass is 372 g/mol. The quantitative estimate of drug-likeness (QED) is 0.489. The third-order valence-electron chi connectivity index (χ3n) is 5.28. The fourth-order valence-electron chi connectivity index (χ4n) is 3.27. The number of aryl methyl sites for hydroxylation is 2. The Morgan fingerprint density at radius 3 is 1.96 bits per heavy atom. The SMILES string of the molecule is CCCCN(CC)c1c(C)c(C)c(N=Nc2nc(C)c(C)s2)c(C)c1C. The van der Waals surface area contributed by atoms with Crippen LogP contribution in [0.15, 0.2) is 10.2 Å². The first-order chi connectivity index (χ1) is 12.3. The first-order valence-corrected chi connectivity index (χ1v) is 10.3. The summed E-state index contributed by atoms with van der Waals surface area (Å²) in [6.07, 6.45) is 2.43. The number of hydrogen-bond acceptors (Lipinski definition) is 5. The van der Waals surface area contributed by atoms with E-state index >= 15 is 0 Å². The molecule has 26 heavy (non-hydrogen) atoms. The normalized spacial score (nSPS) is 11.5. The van der Waals surface area contributed by atoms with Gasteiger partial charge in [-0.1, -0.05) is 24.7 Å². The van der Waals surface area contributed by atoms with E-state index in [1.165, 1.54) is 45.7 Å². The number of rotatable bonds is 7. The van der Waals surface area contributed by atoms with E-state index in [1.807, 2.05) is 6.92 Å². The van der Waals surface area contributed by atoms with Crippen molar-refractivity contribution in [2.75, 3.05) is 18.0 Å². The molecule has 2 aromatic rings. The van der Waals surface area contributed by atoms with Crippen LogP contribution < -0.4 is 4.90 Å². The van der Waals surface area contributed by atoms with Crippen molar-refractivity contribution in [1.29, 1.82) is 0 Å². The smallest absolute Gasteiger partial charge is 0.230 e. The van der Waals surface area contributed by atoms with Crippen LogP contribution in [0.25, 0.3) is 0 Å². The lowest BCUT2D eigenvalue weighted by molar-refractivity contribution is 0.728. The maximum absolute atomic E-state index is 4.59. The van der Waals surface area contributed by atoms with Gasteiger partial charge in [0.25, 0.3) is 0 Å². The minimum absolute atomic E-state index is 0.733. The molecule has 0 aliphatic carbocycles. The first kappa shape index (κ1) is 20.6. The van der Waals surface area contributed by atoms with Gasteiger partial charge in [-0.05, 0) is 77.1 Å². The molecule has 0 fully saturated rings. The van der Waals surface area contributed by atoms with Crippen molar-refractivity contribution in [2.24, 2.45) is 10.2 Å². The van der Waals surface area contributed by atoms with Crippen molar-refractivity contribution >= 4 is 27.8 Å². The van der Waals surface area contributed by atoms with Crippen LogP contribution in [-0.4, -0.2) is 18.1 Å². The van der Waals surface area contributed by atoms with Crippen molar-refractivity contribution in [3.05, 3.63) is 32.8 Å². The Morgan fingerprint density at radius 2 is 1.50 bits per heavy atom. The summed E-state index contributed by atoms with van der Waals surface area (Å²) >= 11 is 1.59. The fourth-order valence-corrected chi connectivity index (χ4v) is 4.00. The van der Waals surface area contributed by atoms with E-state index in [9.17, 15) is 0 Å². The molecule has 5 heteroatoms. The molecule has 0 saturated carbocycles. The molecular formula is C21H32N4S. The van der Waals surface area contributed by atoms with Gasteiger partial charge in [-0.3, -0.25) is 0 Å². The number of hydrogen-bond donors (Lipinski definition) is 0. The maximum atomic E-state index is 4.59. The average Bonchev–Trinajstić information content (AvgIpc) is 2.94. The van der Waals surface area contributed by atoms with Crippen molar-refractivity contribution in [1.82, 2.24) is 4.98 Å². The lowest BCUT2D eigenvalue weighted by atomic mass is 9.95. The minimum Gasteiger partial charge on any atom is -0.371 e. The van der Waals surface area contributed by atoms with Crippen LogP contribution in [0.2, 0.25) is 0 Å². The molecule has 0 spiro atoms. The van der Waals surface area contributed by atoms with E-state index in [4.69, 9.17) is 0 Å². The highest BCUT2D eigenvalue weighted by Gasteiger charge is 2.18. The van der Waals surface area contributed by atoms with Crippen LogP contribution in [0, 0.1) is 41.5 Å². The second-order valence-corrected chi connectivity index (χ2v) is 8.15. The van der Waals surface area contributed by atoms with Crippen molar-refractivity contribution < 1.29 is 0 Å². The van der Waals surface area contributed by atoms with Crippen LogP contribution in [-0.2, 0) is 0 Å². The van der Waals surface area contributed by atoms with Gasteiger partial charge in [-0.2, -0.15) is 0 Å². The summed E-state index contributed by atoms with van der Waals surface area (Å²) in [5.74, 6) is 0. The summed E-state index contributed by atoms with van der Waals surface area (Å²) in [7, 11) is 0. The van der Waals surface area contributed by atoms with Gasteiger partial charge in [0.2, 0.25) is 5.13 Å². The average molecular weight is 373 g/mol. The molecule has 0 N–H and O–H groups in total. The predicted molar refractivity (Wildman–Crippen MR) is 114 cm³/mol. The van der Waals surface area contributed by atoms with E-state index in [-0.39, 0.29) is 0 Å². The van der Waals surface area contributed by atoms with Crippen molar-refractivity contribution in [3.8, 4) is 0 Å².